The Labute approximate surface area is 170 Å². The van der Waals surface area contributed by atoms with Gasteiger partial charge in [-0.05, 0) is 43.7 Å². The van der Waals surface area contributed by atoms with E-state index in [1.165, 1.54) is 19.2 Å². The number of anilines is 2. The molecule has 150 valence electrons. The van der Waals surface area contributed by atoms with Gasteiger partial charge in [-0.1, -0.05) is 30.3 Å². The number of carbonyl (C=O) groups is 1. The van der Waals surface area contributed by atoms with E-state index in [4.69, 9.17) is 4.74 Å². The molecule has 7 heteroatoms. The molecule has 3 aromatic rings. The predicted octanol–water partition coefficient (Wildman–Crippen LogP) is 4.03. The average Bonchev–Trinajstić information content (AvgIpc) is 2.75. The summed E-state index contributed by atoms with van der Waals surface area (Å²) in [6.07, 6.45) is 1.62. The lowest BCUT2D eigenvalue weighted by Gasteiger charge is -2.21. The van der Waals surface area contributed by atoms with Crippen molar-refractivity contribution < 1.29 is 14.6 Å². The van der Waals surface area contributed by atoms with Crippen molar-refractivity contribution in [2.75, 3.05) is 23.9 Å². The molecule has 0 saturated heterocycles. The van der Waals surface area contributed by atoms with Crippen LogP contribution in [0.2, 0.25) is 0 Å². The van der Waals surface area contributed by atoms with Crippen molar-refractivity contribution in [1.29, 1.82) is 0 Å². The predicted molar refractivity (Wildman–Crippen MR) is 113 cm³/mol. The van der Waals surface area contributed by atoms with Crippen LogP contribution < -0.4 is 15.0 Å². The summed E-state index contributed by atoms with van der Waals surface area (Å²) in [5.74, 6) is 0.909. The van der Waals surface area contributed by atoms with Crippen LogP contribution in [0.5, 0.6) is 11.5 Å². The molecule has 1 amide bonds. The molecule has 0 unspecified atom stereocenters. The van der Waals surface area contributed by atoms with Gasteiger partial charge >= 0.3 is 0 Å². The van der Waals surface area contributed by atoms with Crippen LogP contribution in [0.4, 0.5) is 11.8 Å². The van der Waals surface area contributed by atoms with Crippen molar-refractivity contribution in [3.8, 4) is 11.5 Å². The summed E-state index contributed by atoms with van der Waals surface area (Å²) >= 11 is 0. The summed E-state index contributed by atoms with van der Waals surface area (Å²) in [4.78, 5) is 23.4. The SMILES string of the molecule is CCN(C(=O)c1ccc(O)c(OC)c1)c1ccnc(N[C@@H](C)c2ccccc2)n1. The van der Waals surface area contributed by atoms with Crippen molar-refractivity contribution >= 4 is 17.7 Å². The van der Waals surface area contributed by atoms with E-state index in [1.807, 2.05) is 44.2 Å². The molecular weight excluding hydrogens is 368 g/mol. The largest absolute Gasteiger partial charge is 0.504 e. The molecule has 1 aromatic heterocycles. The third-order valence-corrected chi connectivity index (χ3v) is 4.55. The molecule has 0 aliphatic carbocycles. The number of phenolic OH excluding ortho intramolecular Hbond substituents is 1. The minimum atomic E-state index is -0.244. The zero-order valence-electron chi connectivity index (χ0n) is 16.7. The normalized spacial score (nSPS) is 11.6. The molecule has 0 spiro atoms. The number of amides is 1. The van der Waals surface area contributed by atoms with Crippen LogP contribution >= 0.6 is 0 Å². The highest BCUT2D eigenvalue weighted by Gasteiger charge is 2.19. The summed E-state index contributed by atoms with van der Waals surface area (Å²) in [6.45, 7) is 4.32. The van der Waals surface area contributed by atoms with Crippen molar-refractivity contribution in [2.45, 2.75) is 19.9 Å². The zero-order chi connectivity index (χ0) is 20.8. The quantitative estimate of drug-likeness (QED) is 0.631. The molecule has 29 heavy (non-hydrogen) atoms. The number of hydrogen-bond donors (Lipinski definition) is 2. The number of carbonyl (C=O) groups excluding carboxylic acids is 1. The van der Waals surface area contributed by atoms with Gasteiger partial charge < -0.3 is 15.2 Å². The van der Waals surface area contributed by atoms with Crippen LogP contribution in [0.3, 0.4) is 0 Å². The van der Waals surface area contributed by atoms with Crippen molar-refractivity contribution in [3.05, 3.63) is 71.9 Å². The van der Waals surface area contributed by atoms with Crippen LogP contribution in [-0.2, 0) is 0 Å². The first-order chi connectivity index (χ1) is 14.0. The molecule has 0 radical (unpaired) electrons. The van der Waals surface area contributed by atoms with E-state index in [2.05, 4.69) is 15.3 Å². The van der Waals surface area contributed by atoms with Gasteiger partial charge in [0.15, 0.2) is 11.5 Å². The fourth-order valence-electron chi connectivity index (χ4n) is 2.96. The van der Waals surface area contributed by atoms with Gasteiger partial charge in [0.25, 0.3) is 5.91 Å². The maximum atomic E-state index is 13.0. The van der Waals surface area contributed by atoms with Crippen LogP contribution in [0.1, 0.15) is 35.8 Å². The minimum absolute atomic E-state index is 0.0126. The molecule has 7 nitrogen and oxygen atoms in total. The molecule has 2 aromatic carbocycles. The fourth-order valence-corrected chi connectivity index (χ4v) is 2.96. The number of nitrogens with one attached hydrogen (secondary N) is 1. The van der Waals surface area contributed by atoms with Crippen LogP contribution in [0, 0.1) is 0 Å². The maximum Gasteiger partial charge on any atom is 0.259 e. The van der Waals surface area contributed by atoms with E-state index in [1.54, 1.807) is 23.2 Å². The van der Waals surface area contributed by atoms with Gasteiger partial charge in [0, 0.05) is 18.3 Å². The van der Waals surface area contributed by atoms with Gasteiger partial charge in [0.05, 0.1) is 13.2 Å². The number of nitrogens with zero attached hydrogens (tertiary/aromatic N) is 3. The fraction of sp³-hybridized carbons (Fsp3) is 0.227. The van der Waals surface area contributed by atoms with Crippen molar-refractivity contribution in [3.63, 3.8) is 0 Å². The van der Waals surface area contributed by atoms with Crippen LogP contribution in [0.25, 0.3) is 0 Å². The van der Waals surface area contributed by atoms with Crippen LogP contribution in [0.15, 0.2) is 60.8 Å². The highest BCUT2D eigenvalue weighted by atomic mass is 16.5. The monoisotopic (exact) mass is 392 g/mol. The molecule has 1 heterocycles. The first-order valence-corrected chi connectivity index (χ1v) is 9.37. The molecule has 3 rings (SSSR count). The number of ether oxygens (including phenoxy) is 1. The number of methoxy groups -OCH3 is 1. The second-order valence-electron chi connectivity index (χ2n) is 6.45. The van der Waals surface area contributed by atoms with E-state index in [-0.39, 0.29) is 23.4 Å². The molecule has 0 aliphatic heterocycles. The number of hydrogen-bond acceptors (Lipinski definition) is 6. The molecule has 0 fully saturated rings. The van der Waals surface area contributed by atoms with Gasteiger partial charge in [0.2, 0.25) is 5.95 Å². The van der Waals surface area contributed by atoms with Crippen LogP contribution in [-0.4, -0.2) is 34.6 Å². The Balaban J connectivity index is 1.83. The standard InChI is InChI=1S/C22H24N4O3/c1-4-26(21(28)17-10-11-18(27)19(14-17)29-3)20-12-13-23-22(25-20)24-15(2)16-8-6-5-7-9-16/h5-15,27H,4H2,1-3H3,(H,23,24,25)/t15-/m0/s1. The van der Waals surface area contributed by atoms with Crippen molar-refractivity contribution in [2.24, 2.45) is 0 Å². The number of aromatic nitrogens is 2. The van der Waals surface area contributed by atoms with Crippen molar-refractivity contribution in [1.82, 2.24) is 9.97 Å². The summed E-state index contributed by atoms with van der Waals surface area (Å²) in [7, 11) is 1.44. The van der Waals surface area contributed by atoms with Gasteiger partial charge in [-0.15, -0.1) is 0 Å². The Hall–Kier alpha value is -3.61. The first-order valence-electron chi connectivity index (χ1n) is 9.37. The first kappa shape index (κ1) is 20.1. The summed E-state index contributed by atoms with van der Waals surface area (Å²) in [5.41, 5.74) is 1.51. The second kappa shape index (κ2) is 9.05. The Morgan fingerprint density at radius 1 is 1.21 bits per heavy atom. The van der Waals surface area contributed by atoms with E-state index < -0.39 is 0 Å². The Morgan fingerprint density at radius 3 is 2.66 bits per heavy atom. The molecular formula is C22H24N4O3. The minimum Gasteiger partial charge on any atom is -0.504 e. The lowest BCUT2D eigenvalue weighted by Crippen LogP contribution is -2.31. The summed E-state index contributed by atoms with van der Waals surface area (Å²) < 4.78 is 5.10. The van der Waals surface area contributed by atoms with Gasteiger partial charge in [-0.2, -0.15) is 4.98 Å². The lowest BCUT2D eigenvalue weighted by molar-refractivity contribution is 0.0987. The number of benzene rings is 2. The maximum absolute atomic E-state index is 13.0. The summed E-state index contributed by atoms with van der Waals surface area (Å²) in [5, 5.41) is 13.0. The Bertz CT molecular complexity index is 979. The van der Waals surface area contributed by atoms with E-state index in [0.29, 0.717) is 23.9 Å². The summed E-state index contributed by atoms with van der Waals surface area (Å²) in [6, 6.07) is 16.2. The number of phenols is 1. The third kappa shape index (κ3) is 4.63. The van der Waals surface area contributed by atoms with E-state index in [9.17, 15) is 9.90 Å². The zero-order valence-corrected chi connectivity index (χ0v) is 16.7. The molecule has 1 atom stereocenters. The van der Waals surface area contributed by atoms with Gasteiger partial charge in [-0.25, -0.2) is 4.98 Å². The second-order valence-corrected chi connectivity index (χ2v) is 6.45. The number of rotatable bonds is 7. The highest BCUT2D eigenvalue weighted by Crippen LogP contribution is 2.27. The topological polar surface area (TPSA) is 87.6 Å². The third-order valence-electron chi connectivity index (χ3n) is 4.55. The van der Waals surface area contributed by atoms with E-state index >= 15 is 0 Å². The Morgan fingerprint density at radius 2 is 1.97 bits per heavy atom. The van der Waals surface area contributed by atoms with Gasteiger partial charge in [0.1, 0.15) is 5.82 Å². The lowest BCUT2D eigenvalue weighted by atomic mass is 10.1. The molecule has 0 saturated carbocycles. The van der Waals surface area contributed by atoms with Gasteiger partial charge in [-0.3, -0.25) is 9.69 Å². The number of aromatic hydroxyl groups is 1. The molecule has 0 bridgehead atoms. The molecule has 0 aliphatic rings. The average molecular weight is 392 g/mol. The highest BCUT2D eigenvalue weighted by molar-refractivity contribution is 6.06. The van der Waals surface area contributed by atoms with E-state index in [0.717, 1.165) is 5.56 Å². The smallest absolute Gasteiger partial charge is 0.259 e. The Kier molecular flexibility index (Phi) is 6.29. The molecule has 2 N–H and O–H groups in total.